The Bertz CT molecular complexity index is 470. The minimum absolute atomic E-state index is 0.144. The molecule has 1 saturated heterocycles. The molecule has 2 unspecified atom stereocenters. The third kappa shape index (κ3) is 5.61. The molecule has 3 nitrogen and oxygen atoms in total. The Kier molecular flexibility index (Phi) is 5.69. The van der Waals surface area contributed by atoms with Gasteiger partial charge in [-0.25, -0.2) is 0 Å². The van der Waals surface area contributed by atoms with Crippen molar-refractivity contribution in [2.45, 2.75) is 58.3 Å². The van der Waals surface area contributed by atoms with Crippen molar-refractivity contribution < 1.29 is 9.47 Å². The zero-order chi connectivity index (χ0) is 15.5. The van der Waals surface area contributed by atoms with Gasteiger partial charge in [-0.15, -0.1) is 0 Å². The first-order valence-electron chi connectivity index (χ1n) is 7.63. The summed E-state index contributed by atoms with van der Waals surface area (Å²) in [5, 5.41) is 3.50. The van der Waals surface area contributed by atoms with E-state index in [0.29, 0.717) is 12.7 Å². The SMILES string of the molecule is Cc1ccc(Br)cc1OCC1CCC(CNC(C)(C)C)O1. The summed E-state index contributed by atoms with van der Waals surface area (Å²) in [6, 6.07) is 6.11. The average molecular weight is 356 g/mol. The lowest BCUT2D eigenvalue weighted by Gasteiger charge is -2.23. The van der Waals surface area contributed by atoms with Gasteiger partial charge in [0.2, 0.25) is 0 Å². The maximum atomic E-state index is 6.05. The van der Waals surface area contributed by atoms with E-state index in [2.05, 4.69) is 55.0 Å². The van der Waals surface area contributed by atoms with Crippen LogP contribution in [0.25, 0.3) is 0 Å². The molecular formula is C17H26BrNO2. The Morgan fingerprint density at radius 1 is 1.29 bits per heavy atom. The number of nitrogens with one attached hydrogen (secondary N) is 1. The first-order chi connectivity index (χ1) is 9.83. The summed E-state index contributed by atoms with van der Waals surface area (Å²) in [6.07, 6.45) is 2.69. The van der Waals surface area contributed by atoms with Crippen LogP contribution < -0.4 is 10.1 Å². The monoisotopic (exact) mass is 355 g/mol. The van der Waals surface area contributed by atoms with Crippen molar-refractivity contribution in [2.75, 3.05) is 13.2 Å². The van der Waals surface area contributed by atoms with E-state index in [4.69, 9.17) is 9.47 Å². The number of hydrogen-bond donors (Lipinski definition) is 1. The standard InChI is InChI=1S/C17H26BrNO2/c1-12-5-6-13(18)9-16(12)20-11-15-8-7-14(21-15)10-19-17(2,3)4/h5-6,9,14-15,19H,7-8,10-11H2,1-4H3. The fraction of sp³-hybridized carbons (Fsp3) is 0.647. The maximum Gasteiger partial charge on any atom is 0.123 e. The number of aryl methyl sites for hydroxylation is 1. The van der Waals surface area contributed by atoms with Crippen molar-refractivity contribution in [1.29, 1.82) is 0 Å². The number of rotatable bonds is 5. The highest BCUT2D eigenvalue weighted by Crippen LogP contribution is 2.25. The molecule has 0 aliphatic carbocycles. The molecule has 0 amide bonds. The van der Waals surface area contributed by atoms with Crippen LogP contribution in [-0.4, -0.2) is 30.9 Å². The van der Waals surface area contributed by atoms with Crippen LogP contribution in [0, 0.1) is 6.92 Å². The van der Waals surface area contributed by atoms with Gasteiger partial charge in [-0.3, -0.25) is 0 Å². The number of benzene rings is 1. The Balaban J connectivity index is 1.76. The summed E-state index contributed by atoms with van der Waals surface area (Å²) in [7, 11) is 0. The van der Waals surface area contributed by atoms with Gasteiger partial charge in [-0.1, -0.05) is 22.0 Å². The van der Waals surface area contributed by atoms with E-state index in [9.17, 15) is 0 Å². The number of ether oxygens (including phenoxy) is 2. The number of hydrogen-bond acceptors (Lipinski definition) is 3. The third-order valence-corrected chi connectivity index (χ3v) is 4.12. The van der Waals surface area contributed by atoms with Crippen LogP contribution in [-0.2, 0) is 4.74 Å². The normalized spacial score (nSPS) is 22.5. The molecule has 1 fully saturated rings. The Labute approximate surface area is 136 Å². The van der Waals surface area contributed by atoms with E-state index in [1.807, 2.05) is 12.1 Å². The van der Waals surface area contributed by atoms with E-state index in [1.165, 1.54) is 0 Å². The lowest BCUT2D eigenvalue weighted by atomic mass is 10.1. The predicted octanol–water partition coefficient (Wildman–Crippen LogP) is 4.07. The molecular weight excluding hydrogens is 330 g/mol. The van der Waals surface area contributed by atoms with Crippen molar-refractivity contribution in [3.8, 4) is 5.75 Å². The first kappa shape index (κ1) is 16.8. The second-order valence-corrected chi connectivity index (χ2v) is 7.72. The predicted molar refractivity (Wildman–Crippen MR) is 90.0 cm³/mol. The van der Waals surface area contributed by atoms with Crippen LogP contribution in [0.2, 0.25) is 0 Å². The van der Waals surface area contributed by atoms with E-state index in [0.717, 1.165) is 35.2 Å². The van der Waals surface area contributed by atoms with Gasteiger partial charge in [0.15, 0.2) is 0 Å². The molecule has 118 valence electrons. The zero-order valence-corrected chi connectivity index (χ0v) is 15.0. The first-order valence-corrected chi connectivity index (χ1v) is 8.42. The van der Waals surface area contributed by atoms with Crippen molar-refractivity contribution in [1.82, 2.24) is 5.32 Å². The lowest BCUT2D eigenvalue weighted by molar-refractivity contribution is 0.0160. The zero-order valence-electron chi connectivity index (χ0n) is 13.4. The molecule has 2 atom stereocenters. The van der Waals surface area contributed by atoms with Crippen molar-refractivity contribution in [2.24, 2.45) is 0 Å². The minimum atomic E-state index is 0.144. The molecule has 0 saturated carbocycles. The smallest absolute Gasteiger partial charge is 0.123 e. The lowest BCUT2D eigenvalue weighted by Crippen LogP contribution is -2.41. The largest absolute Gasteiger partial charge is 0.491 e. The molecule has 4 heteroatoms. The molecule has 0 radical (unpaired) electrons. The van der Waals surface area contributed by atoms with Gasteiger partial charge in [0.25, 0.3) is 0 Å². The van der Waals surface area contributed by atoms with Crippen LogP contribution in [0.5, 0.6) is 5.75 Å². The Hall–Kier alpha value is -0.580. The topological polar surface area (TPSA) is 30.5 Å². The molecule has 1 heterocycles. The van der Waals surface area contributed by atoms with Gasteiger partial charge in [-0.2, -0.15) is 0 Å². The van der Waals surface area contributed by atoms with Crippen LogP contribution in [0.15, 0.2) is 22.7 Å². The summed E-state index contributed by atoms with van der Waals surface area (Å²) in [6.45, 7) is 10.1. The molecule has 21 heavy (non-hydrogen) atoms. The summed E-state index contributed by atoms with van der Waals surface area (Å²) in [5.74, 6) is 0.934. The Morgan fingerprint density at radius 3 is 2.71 bits per heavy atom. The van der Waals surface area contributed by atoms with Gasteiger partial charge in [0, 0.05) is 16.6 Å². The molecule has 0 spiro atoms. The van der Waals surface area contributed by atoms with Crippen LogP contribution in [0.3, 0.4) is 0 Å². The highest BCUT2D eigenvalue weighted by Gasteiger charge is 2.26. The summed E-state index contributed by atoms with van der Waals surface area (Å²) in [5.41, 5.74) is 1.30. The van der Waals surface area contributed by atoms with Crippen molar-refractivity contribution in [3.63, 3.8) is 0 Å². The highest BCUT2D eigenvalue weighted by atomic mass is 79.9. The van der Waals surface area contributed by atoms with E-state index in [1.54, 1.807) is 0 Å². The molecule has 1 aromatic carbocycles. The summed E-state index contributed by atoms with van der Waals surface area (Å²) in [4.78, 5) is 0. The minimum Gasteiger partial charge on any atom is -0.491 e. The van der Waals surface area contributed by atoms with Crippen LogP contribution >= 0.6 is 15.9 Å². The van der Waals surface area contributed by atoms with E-state index >= 15 is 0 Å². The van der Waals surface area contributed by atoms with Gasteiger partial charge in [-0.05, 0) is 58.2 Å². The van der Waals surface area contributed by atoms with E-state index < -0.39 is 0 Å². The van der Waals surface area contributed by atoms with Crippen molar-refractivity contribution >= 4 is 15.9 Å². The second-order valence-electron chi connectivity index (χ2n) is 6.81. The molecule has 1 aromatic rings. The molecule has 1 aliphatic heterocycles. The average Bonchev–Trinajstić information content (AvgIpc) is 2.85. The van der Waals surface area contributed by atoms with E-state index in [-0.39, 0.29) is 11.6 Å². The fourth-order valence-corrected chi connectivity index (χ4v) is 2.73. The summed E-state index contributed by atoms with van der Waals surface area (Å²) >= 11 is 3.48. The molecule has 0 bridgehead atoms. The summed E-state index contributed by atoms with van der Waals surface area (Å²) < 4.78 is 13.0. The third-order valence-electron chi connectivity index (χ3n) is 3.63. The van der Waals surface area contributed by atoms with Crippen LogP contribution in [0.1, 0.15) is 39.2 Å². The molecule has 1 aliphatic rings. The van der Waals surface area contributed by atoms with Gasteiger partial charge in [0.1, 0.15) is 12.4 Å². The fourth-order valence-electron chi connectivity index (χ4n) is 2.39. The van der Waals surface area contributed by atoms with Crippen LogP contribution in [0.4, 0.5) is 0 Å². The molecule has 0 aromatic heterocycles. The Morgan fingerprint density at radius 2 is 2.00 bits per heavy atom. The molecule has 1 N–H and O–H groups in total. The van der Waals surface area contributed by atoms with Gasteiger partial charge in [0.05, 0.1) is 12.2 Å². The number of halogens is 1. The highest BCUT2D eigenvalue weighted by molar-refractivity contribution is 9.10. The van der Waals surface area contributed by atoms with Crippen molar-refractivity contribution in [3.05, 3.63) is 28.2 Å². The quantitative estimate of drug-likeness (QED) is 0.863. The van der Waals surface area contributed by atoms with Gasteiger partial charge < -0.3 is 14.8 Å². The second kappa shape index (κ2) is 7.12. The van der Waals surface area contributed by atoms with Gasteiger partial charge >= 0.3 is 0 Å². The maximum absolute atomic E-state index is 6.05. The molecule has 2 rings (SSSR count).